The highest BCUT2D eigenvalue weighted by molar-refractivity contribution is 9.10. The monoisotopic (exact) mass is 502 g/mol. The molecule has 0 spiro atoms. The summed E-state index contributed by atoms with van der Waals surface area (Å²) in [5.41, 5.74) is 1.73. The Morgan fingerprint density at radius 1 is 1.09 bits per heavy atom. The molecule has 32 heavy (non-hydrogen) atoms. The number of hydrogen-bond acceptors (Lipinski definition) is 6. The lowest BCUT2D eigenvalue weighted by molar-refractivity contribution is -0.384. The molecular weight excluding hydrogens is 483 g/mol. The topological polar surface area (TPSA) is 83.2 Å². The zero-order chi connectivity index (χ0) is 22.9. The molecule has 7 nitrogen and oxygen atoms in total. The molecule has 0 aliphatic rings. The van der Waals surface area contributed by atoms with Crippen LogP contribution >= 0.6 is 15.9 Å². The summed E-state index contributed by atoms with van der Waals surface area (Å²) in [5, 5.41) is 14.8. The van der Waals surface area contributed by atoms with Crippen molar-refractivity contribution in [2.24, 2.45) is 5.16 Å². The van der Waals surface area contributed by atoms with Gasteiger partial charge in [0, 0.05) is 23.3 Å². The van der Waals surface area contributed by atoms with E-state index in [9.17, 15) is 14.5 Å². The van der Waals surface area contributed by atoms with Crippen molar-refractivity contribution in [3.8, 4) is 11.5 Å². The van der Waals surface area contributed by atoms with E-state index in [2.05, 4.69) is 21.1 Å². The second kappa shape index (κ2) is 11.2. The zero-order valence-electron chi connectivity index (χ0n) is 17.2. The molecule has 0 bridgehead atoms. The van der Waals surface area contributed by atoms with Crippen LogP contribution in [-0.2, 0) is 18.1 Å². The number of halogens is 2. The van der Waals surface area contributed by atoms with Gasteiger partial charge in [0.1, 0.15) is 19.0 Å². The van der Waals surface area contributed by atoms with Crippen LogP contribution in [-0.4, -0.2) is 17.7 Å². The van der Waals surface area contributed by atoms with Gasteiger partial charge in [-0.05, 0) is 46.6 Å². The minimum Gasteiger partial charge on any atom is -0.490 e. The van der Waals surface area contributed by atoms with Gasteiger partial charge in [0.15, 0.2) is 11.5 Å². The molecule has 166 valence electrons. The van der Waals surface area contributed by atoms with Gasteiger partial charge >= 0.3 is 0 Å². The van der Waals surface area contributed by atoms with Crippen LogP contribution in [0.2, 0.25) is 0 Å². The van der Waals surface area contributed by atoms with E-state index >= 15 is 0 Å². The van der Waals surface area contributed by atoms with Crippen LogP contribution in [0.3, 0.4) is 0 Å². The van der Waals surface area contributed by atoms with E-state index in [4.69, 9.17) is 14.3 Å². The predicted molar refractivity (Wildman–Crippen MR) is 122 cm³/mol. The highest BCUT2D eigenvalue weighted by atomic mass is 79.9. The van der Waals surface area contributed by atoms with Crippen molar-refractivity contribution in [1.29, 1.82) is 0 Å². The molecule has 9 heteroatoms. The van der Waals surface area contributed by atoms with Gasteiger partial charge in [-0.2, -0.15) is 0 Å². The minimum atomic E-state index is -0.463. The smallest absolute Gasteiger partial charge is 0.269 e. The SMILES string of the molecule is CCOc1cc(/C=N\OCc2cccc([N+](=O)[O-])c2)cc(Br)c1OCc1ccccc1F. The van der Waals surface area contributed by atoms with Gasteiger partial charge in [-0.25, -0.2) is 4.39 Å². The summed E-state index contributed by atoms with van der Waals surface area (Å²) in [4.78, 5) is 15.6. The molecule has 0 saturated heterocycles. The van der Waals surface area contributed by atoms with Gasteiger partial charge < -0.3 is 14.3 Å². The van der Waals surface area contributed by atoms with Crippen LogP contribution in [0.4, 0.5) is 10.1 Å². The van der Waals surface area contributed by atoms with Gasteiger partial charge in [-0.15, -0.1) is 0 Å². The Balaban J connectivity index is 1.68. The van der Waals surface area contributed by atoms with Gasteiger partial charge in [-0.1, -0.05) is 35.5 Å². The van der Waals surface area contributed by atoms with Crippen molar-refractivity contribution in [3.63, 3.8) is 0 Å². The first-order chi connectivity index (χ1) is 15.5. The van der Waals surface area contributed by atoms with Crippen molar-refractivity contribution >= 4 is 27.8 Å². The van der Waals surface area contributed by atoms with Crippen molar-refractivity contribution in [1.82, 2.24) is 0 Å². The number of hydrogen-bond donors (Lipinski definition) is 0. The maximum atomic E-state index is 13.9. The molecule has 0 aliphatic heterocycles. The quantitative estimate of drug-likeness (QED) is 0.192. The standard InChI is InChI=1S/C23H20BrFN2O5/c1-2-30-22-12-17(13-26-32-14-16-6-5-8-19(10-16)27(28)29)11-20(24)23(22)31-15-18-7-3-4-9-21(18)25/h3-13H,2,14-15H2,1H3/b26-13-. The summed E-state index contributed by atoms with van der Waals surface area (Å²) >= 11 is 3.46. The maximum Gasteiger partial charge on any atom is 0.269 e. The molecule has 0 saturated carbocycles. The molecule has 0 aliphatic carbocycles. The summed E-state index contributed by atoms with van der Waals surface area (Å²) < 4.78 is 26.0. The molecular formula is C23H20BrFN2O5. The maximum absolute atomic E-state index is 13.9. The third-order valence-electron chi connectivity index (χ3n) is 4.29. The van der Waals surface area contributed by atoms with Gasteiger partial charge in [0.05, 0.1) is 22.2 Å². The van der Waals surface area contributed by atoms with E-state index in [0.29, 0.717) is 39.3 Å². The normalized spacial score (nSPS) is 10.8. The fourth-order valence-electron chi connectivity index (χ4n) is 2.80. The highest BCUT2D eigenvalue weighted by Crippen LogP contribution is 2.37. The van der Waals surface area contributed by atoms with Crippen LogP contribution < -0.4 is 9.47 Å². The van der Waals surface area contributed by atoms with E-state index in [1.165, 1.54) is 24.4 Å². The summed E-state index contributed by atoms with van der Waals surface area (Å²) in [6.45, 7) is 2.39. The summed E-state index contributed by atoms with van der Waals surface area (Å²) in [6.07, 6.45) is 1.49. The first-order valence-electron chi connectivity index (χ1n) is 9.69. The number of non-ortho nitro benzene ring substituents is 1. The molecule has 0 heterocycles. The third kappa shape index (κ3) is 6.27. The molecule has 0 fully saturated rings. The van der Waals surface area contributed by atoms with Gasteiger partial charge in [0.25, 0.3) is 5.69 Å². The lowest BCUT2D eigenvalue weighted by Crippen LogP contribution is -2.03. The largest absolute Gasteiger partial charge is 0.490 e. The summed E-state index contributed by atoms with van der Waals surface area (Å²) in [7, 11) is 0. The number of nitrogens with zero attached hydrogens (tertiary/aromatic N) is 2. The van der Waals surface area contributed by atoms with E-state index in [1.54, 1.807) is 42.5 Å². The van der Waals surface area contributed by atoms with Crippen LogP contribution in [0.15, 0.2) is 70.3 Å². The fraction of sp³-hybridized carbons (Fsp3) is 0.174. The first-order valence-corrected chi connectivity index (χ1v) is 10.5. The van der Waals surface area contributed by atoms with Crippen LogP contribution in [0.25, 0.3) is 0 Å². The molecule has 0 aromatic heterocycles. The first kappa shape index (κ1) is 23.2. The zero-order valence-corrected chi connectivity index (χ0v) is 18.7. The highest BCUT2D eigenvalue weighted by Gasteiger charge is 2.13. The number of ether oxygens (including phenoxy) is 2. The average Bonchev–Trinajstić information content (AvgIpc) is 2.77. The van der Waals surface area contributed by atoms with Gasteiger partial charge in [-0.3, -0.25) is 10.1 Å². The van der Waals surface area contributed by atoms with Gasteiger partial charge in [0.2, 0.25) is 0 Å². The Morgan fingerprint density at radius 3 is 2.66 bits per heavy atom. The minimum absolute atomic E-state index is 0.00802. The predicted octanol–water partition coefficient (Wildman–Crippen LogP) is 6.02. The summed E-state index contributed by atoms with van der Waals surface area (Å²) in [6, 6.07) is 16.0. The summed E-state index contributed by atoms with van der Waals surface area (Å²) in [5.74, 6) is 0.578. The van der Waals surface area contributed by atoms with Crippen molar-refractivity contribution in [3.05, 3.63) is 97.8 Å². The number of oxime groups is 1. The van der Waals surface area contributed by atoms with Crippen LogP contribution in [0.5, 0.6) is 11.5 Å². The molecule has 0 unspecified atom stereocenters. The van der Waals surface area contributed by atoms with E-state index < -0.39 is 4.92 Å². The Hall–Kier alpha value is -3.46. The molecule has 0 radical (unpaired) electrons. The average molecular weight is 503 g/mol. The fourth-order valence-corrected chi connectivity index (χ4v) is 3.37. The Bertz CT molecular complexity index is 1120. The molecule has 3 aromatic rings. The lowest BCUT2D eigenvalue weighted by Gasteiger charge is -2.15. The second-order valence-corrected chi connectivity index (χ2v) is 7.43. The molecule has 3 aromatic carbocycles. The van der Waals surface area contributed by atoms with Crippen LogP contribution in [0.1, 0.15) is 23.6 Å². The van der Waals surface area contributed by atoms with E-state index in [-0.39, 0.29) is 24.7 Å². The second-order valence-electron chi connectivity index (χ2n) is 6.58. The van der Waals surface area contributed by atoms with Crippen molar-refractivity contribution in [2.45, 2.75) is 20.1 Å². The van der Waals surface area contributed by atoms with E-state index in [1.807, 2.05) is 6.92 Å². The van der Waals surface area contributed by atoms with Crippen LogP contribution in [0, 0.1) is 15.9 Å². The lowest BCUT2D eigenvalue weighted by atomic mass is 10.2. The Kier molecular flexibility index (Phi) is 8.15. The van der Waals surface area contributed by atoms with E-state index in [0.717, 1.165) is 0 Å². The number of nitro groups is 1. The molecule has 0 amide bonds. The molecule has 0 N–H and O–H groups in total. The number of nitro benzene ring substituents is 1. The molecule has 0 atom stereocenters. The Labute approximate surface area is 192 Å². The third-order valence-corrected chi connectivity index (χ3v) is 4.88. The van der Waals surface area contributed by atoms with Crippen molar-refractivity contribution < 1.29 is 23.6 Å². The number of benzene rings is 3. The Morgan fingerprint density at radius 2 is 1.91 bits per heavy atom. The number of rotatable bonds is 10. The van der Waals surface area contributed by atoms with Crippen molar-refractivity contribution in [2.75, 3.05) is 6.61 Å². The molecule has 3 rings (SSSR count).